The van der Waals surface area contributed by atoms with Gasteiger partial charge in [0.1, 0.15) is 0 Å². The molecule has 66 valence electrons. The molecule has 1 heterocycles. The normalized spacial score (nSPS) is 16.2. The minimum atomic E-state index is 0.949. The van der Waals surface area contributed by atoms with Crippen molar-refractivity contribution < 1.29 is 0 Å². The lowest BCUT2D eigenvalue weighted by molar-refractivity contribution is 0.628. The molecule has 1 aliphatic heterocycles. The van der Waals surface area contributed by atoms with Crippen LogP contribution in [0.5, 0.6) is 0 Å². The lowest BCUT2D eigenvalue weighted by atomic mass is 10.3. The first-order chi connectivity index (χ1) is 5.93. The number of rotatable bonds is 4. The molecule has 0 radical (unpaired) electrons. The van der Waals surface area contributed by atoms with Crippen LogP contribution >= 0.6 is 0 Å². The van der Waals surface area contributed by atoms with E-state index in [1.54, 1.807) is 0 Å². The molecular formula is C10H16N2. The van der Waals surface area contributed by atoms with Gasteiger partial charge in [0.05, 0.1) is 6.34 Å². The SMILES string of the molecule is CCCCN=CN1C=CC=CC1. The predicted molar refractivity (Wildman–Crippen MR) is 53.3 cm³/mol. The molecule has 2 nitrogen and oxygen atoms in total. The monoisotopic (exact) mass is 164 g/mol. The Bertz CT molecular complexity index is 192. The van der Waals surface area contributed by atoms with Crippen LogP contribution in [0.25, 0.3) is 0 Å². The molecule has 0 unspecified atom stereocenters. The van der Waals surface area contributed by atoms with E-state index in [4.69, 9.17) is 0 Å². The molecule has 0 spiro atoms. The van der Waals surface area contributed by atoms with E-state index in [1.165, 1.54) is 12.8 Å². The zero-order valence-electron chi connectivity index (χ0n) is 7.61. The fraction of sp³-hybridized carbons (Fsp3) is 0.500. The summed E-state index contributed by atoms with van der Waals surface area (Å²) >= 11 is 0. The van der Waals surface area contributed by atoms with Crippen LogP contribution in [0, 0.1) is 0 Å². The van der Waals surface area contributed by atoms with Gasteiger partial charge in [-0.1, -0.05) is 25.5 Å². The molecule has 0 N–H and O–H groups in total. The van der Waals surface area contributed by atoms with Crippen molar-refractivity contribution in [1.82, 2.24) is 4.90 Å². The Labute approximate surface area is 74.3 Å². The molecule has 12 heavy (non-hydrogen) atoms. The Morgan fingerprint density at radius 2 is 2.42 bits per heavy atom. The lowest BCUT2D eigenvalue weighted by Gasteiger charge is -2.13. The molecule has 0 bridgehead atoms. The number of nitrogens with zero attached hydrogens (tertiary/aromatic N) is 2. The Morgan fingerprint density at radius 1 is 1.50 bits per heavy atom. The fourth-order valence-electron chi connectivity index (χ4n) is 0.980. The van der Waals surface area contributed by atoms with Gasteiger partial charge < -0.3 is 4.90 Å². The summed E-state index contributed by atoms with van der Waals surface area (Å²) in [7, 11) is 0. The van der Waals surface area contributed by atoms with Gasteiger partial charge in [-0.05, 0) is 12.5 Å². The van der Waals surface area contributed by atoms with Crippen molar-refractivity contribution in [2.75, 3.05) is 13.1 Å². The Hall–Kier alpha value is -1.05. The molecule has 0 aromatic heterocycles. The summed E-state index contributed by atoms with van der Waals surface area (Å²) in [6.45, 7) is 4.08. The van der Waals surface area contributed by atoms with Gasteiger partial charge in [-0.15, -0.1) is 0 Å². The highest BCUT2D eigenvalue weighted by Crippen LogP contribution is 1.95. The van der Waals surface area contributed by atoms with Gasteiger partial charge in [0.2, 0.25) is 0 Å². The standard InChI is InChI=1S/C10H16N2/c1-2-3-7-11-10-12-8-5-4-6-9-12/h4-6,8,10H,2-3,7,9H2,1H3. The number of hydrogen-bond acceptors (Lipinski definition) is 1. The molecule has 0 amide bonds. The van der Waals surface area contributed by atoms with Gasteiger partial charge in [0.15, 0.2) is 0 Å². The summed E-state index contributed by atoms with van der Waals surface area (Å²) in [6.07, 6.45) is 12.5. The summed E-state index contributed by atoms with van der Waals surface area (Å²) in [5.41, 5.74) is 0. The molecule has 0 aromatic carbocycles. The molecule has 0 saturated heterocycles. The summed E-state index contributed by atoms with van der Waals surface area (Å²) < 4.78 is 0. The maximum Gasteiger partial charge on any atom is 0.0892 e. The second-order valence-corrected chi connectivity index (χ2v) is 2.84. The maximum atomic E-state index is 4.30. The van der Waals surface area contributed by atoms with Crippen LogP contribution in [0.2, 0.25) is 0 Å². The van der Waals surface area contributed by atoms with E-state index in [-0.39, 0.29) is 0 Å². The molecule has 0 aliphatic carbocycles. The zero-order valence-corrected chi connectivity index (χ0v) is 7.61. The van der Waals surface area contributed by atoms with E-state index in [0.29, 0.717) is 0 Å². The third kappa shape index (κ3) is 3.37. The minimum absolute atomic E-state index is 0.949. The maximum absolute atomic E-state index is 4.30. The predicted octanol–water partition coefficient (Wildman–Crippen LogP) is 2.20. The van der Waals surface area contributed by atoms with Gasteiger partial charge in [-0.25, -0.2) is 0 Å². The largest absolute Gasteiger partial charge is 0.336 e. The van der Waals surface area contributed by atoms with Gasteiger partial charge in [-0.3, -0.25) is 4.99 Å². The van der Waals surface area contributed by atoms with E-state index in [2.05, 4.69) is 29.0 Å². The summed E-state index contributed by atoms with van der Waals surface area (Å²) in [5, 5.41) is 0. The molecule has 1 aliphatic rings. The molecule has 0 atom stereocenters. The van der Waals surface area contributed by atoms with Gasteiger partial charge >= 0.3 is 0 Å². The topological polar surface area (TPSA) is 15.6 Å². The van der Waals surface area contributed by atoms with Gasteiger partial charge in [0, 0.05) is 19.3 Å². The summed E-state index contributed by atoms with van der Waals surface area (Å²) in [4.78, 5) is 6.38. The Kier molecular flexibility index (Phi) is 4.21. The van der Waals surface area contributed by atoms with Crippen LogP contribution in [0.15, 0.2) is 29.4 Å². The first kappa shape index (κ1) is 9.04. The van der Waals surface area contributed by atoms with Crippen LogP contribution in [0.4, 0.5) is 0 Å². The summed E-state index contributed by atoms with van der Waals surface area (Å²) in [5.74, 6) is 0. The first-order valence-corrected chi connectivity index (χ1v) is 4.52. The van der Waals surface area contributed by atoms with E-state index < -0.39 is 0 Å². The molecular weight excluding hydrogens is 148 g/mol. The van der Waals surface area contributed by atoms with Gasteiger partial charge in [-0.2, -0.15) is 0 Å². The number of unbranched alkanes of at least 4 members (excludes halogenated alkanes) is 1. The lowest BCUT2D eigenvalue weighted by Crippen LogP contribution is -2.16. The Morgan fingerprint density at radius 3 is 3.08 bits per heavy atom. The second-order valence-electron chi connectivity index (χ2n) is 2.84. The third-order valence-electron chi connectivity index (χ3n) is 1.71. The number of aliphatic imine (C=N–C) groups is 1. The van der Waals surface area contributed by atoms with E-state index >= 15 is 0 Å². The molecule has 1 rings (SSSR count). The third-order valence-corrected chi connectivity index (χ3v) is 1.71. The minimum Gasteiger partial charge on any atom is -0.336 e. The summed E-state index contributed by atoms with van der Waals surface area (Å²) in [6, 6.07) is 0. The highest BCUT2D eigenvalue weighted by molar-refractivity contribution is 5.57. The van der Waals surface area contributed by atoms with Crippen molar-refractivity contribution >= 4 is 6.34 Å². The quantitative estimate of drug-likeness (QED) is 0.353. The highest BCUT2D eigenvalue weighted by Gasteiger charge is 1.92. The fourth-order valence-corrected chi connectivity index (χ4v) is 0.980. The zero-order chi connectivity index (χ0) is 8.65. The highest BCUT2D eigenvalue weighted by atomic mass is 15.1. The average Bonchev–Trinajstić information content (AvgIpc) is 2.14. The van der Waals surface area contributed by atoms with Crippen molar-refractivity contribution in [2.45, 2.75) is 19.8 Å². The van der Waals surface area contributed by atoms with Crippen LogP contribution in [-0.4, -0.2) is 24.3 Å². The van der Waals surface area contributed by atoms with E-state index in [1.807, 2.05) is 18.6 Å². The second kappa shape index (κ2) is 5.58. The molecule has 0 aromatic rings. The van der Waals surface area contributed by atoms with E-state index in [0.717, 1.165) is 13.1 Å². The van der Waals surface area contributed by atoms with Crippen molar-refractivity contribution in [3.05, 3.63) is 24.4 Å². The first-order valence-electron chi connectivity index (χ1n) is 4.52. The number of hydrogen-bond donors (Lipinski definition) is 0. The van der Waals surface area contributed by atoms with Gasteiger partial charge in [0.25, 0.3) is 0 Å². The Balaban J connectivity index is 2.17. The van der Waals surface area contributed by atoms with Crippen molar-refractivity contribution in [2.24, 2.45) is 4.99 Å². The average molecular weight is 164 g/mol. The molecule has 2 heteroatoms. The van der Waals surface area contributed by atoms with Crippen LogP contribution < -0.4 is 0 Å². The van der Waals surface area contributed by atoms with E-state index in [9.17, 15) is 0 Å². The smallest absolute Gasteiger partial charge is 0.0892 e. The van der Waals surface area contributed by atoms with Crippen LogP contribution in [-0.2, 0) is 0 Å². The van der Waals surface area contributed by atoms with Crippen molar-refractivity contribution in [3.8, 4) is 0 Å². The van der Waals surface area contributed by atoms with Crippen LogP contribution in [0.3, 0.4) is 0 Å². The van der Waals surface area contributed by atoms with Crippen molar-refractivity contribution in [3.63, 3.8) is 0 Å². The van der Waals surface area contributed by atoms with Crippen LogP contribution in [0.1, 0.15) is 19.8 Å². The molecule has 0 fully saturated rings. The number of allylic oxidation sites excluding steroid dienone is 2. The van der Waals surface area contributed by atoms with Crippen molar-refractivity contribution in [1.29, 1.82) is 0 Å². The molecule has 0 saturated carbocycles.